The highest BCUT2D eigenvalue weighted by Crippen LogP contribution is 2.51. The summed E-state index contributed by atoms with van der Waals surface area (Å²) in [6, 6.07) is 19.3. The topological polar surface area (TPSA) is 72.4 Å². The maximum absolute atomic E-state index is 13.7. The molecule has 1 fully saturated rings. The van der Waals surface area contributed by atoms with E-state index in [-0.39, 0.29) is 5.92 Å². The van der Waals surface area contributed by atoms with Gasteiger partial charge >= 0.3 is 6.18 Å². The SMILES string of the molecule is COc1ccc(C(c2c(NC(=O)c3ccccc3-c3ccc(C(F)(F)F)cc3)cn(C)c2NC=O)C2CC2)cc1. The smallest absolute Gasteiger partial charge is 0.416 e. The summed E-state index contributed by atoms with van der Waals surface area (Å²) >= 11 is 0. The van der Waals surface area contributed by atoms with E-state index in [0.717, 1.165) is 41.9 Å². The molecule has 0 bridgehead atoms. The fourth-order valence-electron chi connectivity index (χ4n) is 5.17. The van der Waals surface area contributed by atoms with E-state index >= 15 is 0 Å². The van der Waals surface area contributed by atoms with Gasteiger partial charge in [-0.15, -0.1) is 0 Å². The van der Waals surface area contributed by atoms with Gasteiger partial charge in [0.1, 0.15) is 11.6 Å². The first-order chi connectivity index (χ1) is 19.2. The van der Waals surface area contributed by atoms with E-state index in [1.165, 1.54) is 12.1 Å². The second kappa shape index (κ2) is 10.9. The number of hydrogen-bond donors (Lipinski definition) is 2. The van der Waals surface area contributed by atoms with Crippen molar-refractivity contribution in [2.75, 3.05) is 17.7 Å². The monoisotopic (exact) mass is 547 g/mol. The molecule has 1 aliphatic rings. The Morgan fingerprint density at radius 1 is 1.02 bits per heavy atom. The number of halogens is 3. The molecule has 1 saturated carbocycles. The number of methoxy groups -OCH3 is 1. The number of carbonyl (C=O) groups excluding carboxylic acids is 2. The summed E-state index contributed by atoms with van der Waals surface area (Å²) in [5.74, 6) is 1.14. The Labute approximate surface area is 229 Å². The first-order valence-electron chi connectivity index (χ1n) is 12.8. The molecule has 1 aromatic heterocycles. The molecule has 1 heterocycles. The Hall–Kier alpha value is -4.53. The van der Waals surface area contributed by atoms with Gasteiger partial charge in [-0.25, -0.2) is 0 Å². The number of nitrogens with one attached hydrogen (secondary N) is 2. The maximum atomic E-state index is 13.7. The van der Waals surface area contributed by atoms with Crippen LogP contribution < -0.4 is 15.4 Å². The third-order valence-corrected chi connectivity index (χ3v) is 7.24. The van der Waals surface area contributed by atoms with Gasteiger partial charge in [-0.1, -0.05) is 42.5 Å². The minimum Gasteiger partial charge on any atom is -0.497 e. The van der Waals surface area contributed by atoms with Gasteiger partial charge in [-0.05, 0) is 65.8 Å². The summed E-state index contributed by atoms with van der Waals surface area (Å²) in [6.45, 7) is 0. The minimum atomic E-state index is -4.45. The number of aryl methyl sites for hydroxylation is 1. The summed E-state index contributed by atoms with van der Waals surface area (Å²) in [5, 5.41) is 5.83. The first kappa shape index (κ1) is 27.1. The van der Waals surface area contributed by atoms with Crippen molar-refractivity contribution < 1.29 is 27.5 Å². The standard InChI is InChI=1S/C31H28F3N3O3/c1-37-17-26(28(29(37)35-18-38)27(20-7-8-20)21-11-15-23(40-2)16-12-21)36-30(39)25-6-4-3-5-24(25)19-9-13-22(14-10-19)31(32,33)34/h3-6,9-18,20,27H,7-8H2,1-2H3,(H,35,38)(H,36,39). The minimum absolute atomic E-state index is 0.0880. The third-order valence-electron chi connectivity index (χ3n) is 7.24. The van der Waals surface area contributed by atoms with Crippen LogP contribution in [0.5, 0.6) is 5.75 Å². The van der Waals surface area contributed by atoms with Crippen molar-refractivity contribution in [1.82, 2.24) is 4.57 Å². The van der Waals surface area contributed by atoms with Gasteiger partial charge in [0.2, 0.25) is 6.41 Å². The van der Waals surface area contributed by atoms with Crippen LogP contribution in [0.4, 0.5) is 24.7 Å². The van der Waals surface area contributed by atoms with Gasteiger partial charge in [0.15, 0.2) is 0 Å². The van der Waals surface area contributed by atoms with Gasteiger partial charge in [-0.2, -0.15) is 13.2 Å². The average molecular weight is 548 g/mol. The van der Waals surface area contributed by atoms with Gasteiger partial charge < -0.3 is 19.9 Å². The predicted molar refractivity (Wildman–Crippen MR) is 147 cm³/mol. The Bertz CT molecular complexity index is 1520. The number of benzene rings is 3. The quantitative estimate of drug-likeness (QED) is 0.220. The van der Waals surface area contributed by atoms with Crippen molar-refractivity contribution in [2.24, 2.45) is 13.0 Å². The lowest BCUT2D eigenvalue weighted by atomic mass is 9.87. The number of ether oxygens (including phenoxy) is 1. The second-order valence-corrected chi connectivity index (χ2v) is 9.84. The van der Waals surface area contributed by atoms with Crippen LogP contribution in [-0.2, 0) is 18.0 Å². The number of rotatable bonds is 9. The molecule has 9 heteroatoms. The van der Waals surface area contributed by atoms with E-state index in [4.69, 9.17) is 4.74 Å². The van der Waals surface area contributed by atoms with Crippen LogP contribution in [0, 0.1) is 5.92 Å². The van der Waals surface area contributed by atoms with Crippen LogP contribution in [-0.4, -0.2) is 24.0 Å². The van der Waals surface area contributed by atoms with Gasteiger partial charge in [0.05, 0.1) is 18.4 Å². The summed E-state index contributed by atoms with van der Waals surface area (Å²) in [5.41, 5.74) is 2.93. The predicted octanol–water partition coefficient (Wildman–Crippen LogP) is 7.08. The normalized spacial score (nSPS) is 13.9. The van der Waals surface area contributed by atoms with Crippen molar-refractivity contribution in [3.63, 3.8) is 0 Å². The van der Waals surface area contributed by atoms with E-state index in [0.29, 0.717) is 40.5 Å². The van der Waals surface area contributed by atoms with E-state index in [1.54, 1.807) is 49.2 Å². The molecule has 0 radical (unpaired) electrons. The van der Waals surface area contributed by atoms with E-state index in [2.05, 4.69) is 10.6 Å². The number of amides is 2. The number of nitrogens with zero attached hydrogens (tertiary/aromatic N) is 1. The number of anilines is 2. The number of alkyl halides is 3. The molecule has 0 saturated heterocycles. The second-order valence-electron chi connectivity index (χ2n) is 9.84. The number of carbonyl (C=O) groups is 2. The molecule has 0 spiro atoms. The molecule has 1 atom stereocenters. The third kappa shape index (κ3) is 5.45. The molecular weight excluding hydrogens is 519 g/mol. The molecule has 4 aromatic rings. The number of hydrogen-bond acceptors (Lipinski definition) is 3. The highest BCUT2D eigenvalue weighted by atomic mass is 19.4. The average Bonchev–Trinajstić information content (AvgIpc) is 3.75. The number of aromatic nitrogens is 1. The Morgan fingerprint density at radius 3 is 2.30 bits per heavy atom. The molecule has 3 aromatic carbocycles. The highest BCUT2D eigenvalue weighted by molar-refractivity contribution is 6.09. The van der Waals surface area contributed by atoms with Crippen molar-refractivity contribution in [2.45, 2.75) is 24.9 Å². The summed E-state index contributed by atoms with van der Waals surface area (Å²) < 4.78 is 46.3. The zero-order valence-corrected chi connectivity index (χ0v) is 22.0. The lowest BCUT2D eigenvalue weighted by Gasteiger charge is -2.21. The summed E-state index contributed by atoms with van der Waals surface area (Å²) in [4.78, 5) is 25.2. The van der Waals surface area contributed by atoms with Gasteiger partial charge in [0.25, 0.3) is 5.91 Å². The van der Waals surface area contributed by atoms with Crippen molar-refractivity contribution in [3.8, 4) is 16.9 Å². The van der Waals surface area contributed by atoms with Crippen LogP contribution in [0.15, 0.2) is 79.0 Å². The molecule has 40 heavy (non-hydrogen) atoms. The molecule has 0 aliphatic heterocycles. The highest BCUT2D eigenvalue weighted by Gasteiger charge is 2.38. The molecule has 1 unspecified atom stereocenters. The van der Waals surface area contributed by atoms with Gasteiger partial charge in [0, 0.05) is 30.3 Å². The Morgan fingerprint density at radius 2 is 1.70 bits per heavy atom. The Balaban J connectivity index is 1.53. The summed E-state index contributed by atoms with van der Waals surface area (Å²) in [6.07, 6.45) is -0.0536. The molecule has 5 rings (SSSR count). The zero-order chi connectivity index (χ0) is 28.4. The fourth-order valence-corrected chi connectivity index (χ4v) is 5.17. The molecule has 2 amide bonds. The lowest BCUT2D eigenvalue weighted by molar-refractivity contribution is -0.137. The first-order valence-corrected chi connectivity index (χ1v) is 12.8. The largest absolute Gasteiger partial charge is 0.497 e. The zero-order valence-electron chi connectivity index (χ0n) is 22.0. The molecule has 2 N–H and O–H groups in total. The van der Waals surface area contributed by atoms with Crippen molar-refractivity contribution in [3.05, 3.63) is 101 Å². The van der Waals surface area contributed by atoms with E-state index < -0.39 is 17.6 Å². The summed E-state index contributed by atoms with van der Waals surface area (Å²) in [7, 11) is 3.39. The molecular formula is C31H28F3N3O3. The van der Waals surface area contributed by atoms with Crippen LogP contribution in [0.3, 0.4) is 0 Å². The molecule has 206 valence electrons. The lowest BCUT2D eigenvalue weighted by Crippen LogP contribution is -2.16. The van der Waals surface area contributed by atoms with Crippen LogP contribution in [0.2, 0.25) is 0 Å². The van der Waals surface area contributed by atoms with E-state index in [9.17, 15) is 22.8 Å². The fraction of sp³-hybridized carbons (Fsp3) is 0.226. The van der Waals surface area contributed by atoms with Crippen LogP contribution in [0.1, 0.15) is 45.8 Å². The van der Waals surface area contributed by atoms with E-state index in [1.807, 2.05) is 24.3 Å². The van der Waals surface area contributed by atoms with Crippen LogP contribution >= 0.6 is 0 Å². The maximum Gasteiger partial charge on any atom is 0.416 e. The van der Waals surface area contributed by atoms with Crippen molar-refractivity contribution in [1.29, 1.82) is 0 Å². The Kier molecular flexibility index (Phi) is 7.38. The molecule has 6 nitrogen and oxygen atoms in total. The van der Waals surface area contributed by atoms with Crippen molar-refractivity contribution >= 4 is 23.8 Å². The molecule has 1 aliphatic carbocycles. The van der Waals surface area contributed by atoms with Crippen LogP contribution in [0.25, 0.3) is 11.1 Å². The van der Waals surface area contributed by atoms with Gasteiger partial charge in [-0.3, -0.25) is 9.59 Å².